The maximum absolute atomic E-state index is 12.8. The average molecular weight is 348 g/mol. The van der Waals surface area contributed by atoms with E-state index in [1.807, 2.05) is 0 Å². The minimum atomic E-state index is -0.161. The van der Waals surface area contributed by atoms with E-state index in [1.54, 1.807) is 0 Å². The van der Waals surface area contributed by atoms with Gasteiger partial charge in [-0.3, -0.25) is 9.59 Å². The van der Waals surface area contributed by atoms with E-state index in [-0.39, 0.29) is 23.8 Å². The van der Waals surface area contributed by atoms with Crippen LogP contribution in [0.15, 0.2) is 0 Å². The Bertz CT molecular complexity index is 480. The smallest absolute Gasteiger partial charge is 0.239 e. The van der Waals surface area contributed by atoms with Crippen LogP contribution in [0.4, 0.5) is 0 Å². The van der Waals surface area contributed by atoms with Crippen molar-refractivity contribution in [1.82, 2.24) is 10.6 Å². The summed E-state index contributed by atoms with van der Waals surface area (Å²) in [6.45, 7) is 2.31. The minimum absolute atomic E-state index is 0.0831. The normalized spacial score (nSPS) is 35.6. The number of hydrogen-bond donors (Lipinski definition) is 2. The van der Waals surface area contributed by atoms with Crippen molar-refractivity contribution in [1.29, 1.82) is 0 Å². The van der Waals surface area contributed by atoms with Crippen LogP contribution >= 0.6 is 0 Å². The van der Waals surface area contributed by atoms with E-state index < -0.39 is 0 Å². The first kappa shape index (κ1) is 17.3. The summed E-state index contributed by atoms with van der Waals surface area (Å²) in [5.41, 5.74) is -0.161. The quantitative estimate of drug-likeness (QED) is 0.628. The minimum Gasteiger partial charge on any atom is -0.381 e. The third-order valence-corrected chi connectivity index (χ3v) is 6.77. The van der Waals surface area contributed by atoms with Crippen LogP contribution in [0.3, 0.4) is 0 Å². The van der Waals surface area contributed by atoms with Crippen LogP contribution in [-0.2, 0) is 14.3 Å². The molecule has 140 valence electrons. The largest absolute Gasteiger partial charge is 0.381 e. The standard InChI is InChI=1S/C20H32N2O3/c23-18(21-4-1-5-25-13-14-2-3-14)12-22-19(24)20-9-15-6-16(10-20)8-17(7-15)11-20/h14-17H,1-13H2,(H,21,23)(H,22,24). The van der Waals surface area contributed by atoms with Gasteiger partial charge in [0.15, 0.2) is 0 Å². The van der Waals surface area contributed by atoms with Gasteiger partial charge in [-0.15, -0.1) is 0 Å². The zero-order valence-corrected chi connectivity index (χ0v) is 15.2. The summed E-state index contributed by atoms with van der Waals surface area (Å²) in [4.78, 5) is 24.7. The lowest BCUT2D eigenvalue weighted by Gasteiger charge is -2.55. The summed E-state index contributed by atoms with van der Waals surface area (Å²) < 4.78 is 5.55. The van der Waals surface area contributed by atoms with Crippen LogP contribution in [0.25, 0.3) is 0 Å². The van der Waals surface area contributed by atoms with Crippen LogP contribution in [-0.4, -0.2) is 38.1 Å². The van der Waals surface area contributed by atoms with E-state index in [0.717, 1.165) is 56.0 Å². The van der Waals surface area contributed by atoms with Crippen LogP contribution in [0.1, 0.15) is 57.8 Å². The van der Waals surface area contributed by atoms with Gasteiger partial charge in [-0.05, 0) is 81.5 Å². The zero-order valence-electron chi connectivity index (χ0n) is 15.2. The fourth-order valence-corrected chi connectivity index (χ4v) is 5.74. The van der Waals surface area contributed by atoms with Crippen molar-refractivity contribution in [2.75, 3.05) is 26.3 Å². The fraction of sp³-hybridized carbons (Fsp3) is 0.900. The Balaban J connectivity index is 1.13. The molecule has 5 saturated carbocycles. The highest BCUT2D eigenvalue weighted by Crippen LogP contribution is 2.60. The van der Waals surface area contributed by atoms with E-state index in [1.165, 1.54) is 32.1 Å². The Morgan fingerprint density at radius 2 is 1.60 bits per heavy atom. The Morgan fingerprint density at radius 1 is 0.960 bits per heavy atom. The highest BCUT2D eigenvalue weighted by atomic mass is 16.5. The summed E-state index contributed by atoms with van der Waals surface area (Å²) in [6.07, 6.45) is 10.6. The molecule has 0 unspecified atom stereocenters. The van der Waals surface area contributed by atoms with Gasteiger partial charge in [0.25, 0.3) is 0 Å². The van der Waals surface area contributed by atoms with E-state index in [4.69, 9.17) is 4.74 Å². The molecule has 5 nitrogen and oxygen atoms in total. The van der Waals surface area contributed by atoms with Crippen molar-refractivity contribution in [3.8, 4) is 0 Å². The van der Waals surface area contributed by atoms with Gasteiger partial charge in [-0.1, -0.05) is 0 Å². The number of amides is 2. The van der Waals surface area contributed by atoms with Crippen molar-refractivity contribution in [2.45, 2.75) is 57.8 Å². The van der Waals surface area contributed by atoms with Gasteiger partial charge < -0.3 is 15.4 Å². The van der Waals surface area contributed by atoms with Gasteiger partial charge in [0.2, 0.25) is 11.8 Å². The molecule has 5 heteroatoms. The van der Waals surface area contributed by atoms with Crippen LogP contribution in [0.2, 0.25) is 0 Å². The number of rotatable bonds is 9. The predicted molar refractivity (Wildman–Crippen MR) is 94.8 cm³/mol. The van der Waals surface area contributed by atoms with Crippen molar-refractivity contribution in [3.63, 3.8) is 0 Å². The average Bonchev–Trinajstić information content (AvgIpc) is 3.39. The molecule has 2 amide bonds. The number of carbonyl (C=O) groups excluding carboxylic acids is 2. The second-order valence-corrected chi connectivity index (χ2v) is 9.10. The zero-order chi connectivity index (χ0) is 17.3. The molecule has 0 heterocycles. The van der Waals surface area contributed by atoms with Gasteiger partial charge in [-0.2, -0.15) is 0 Å². The molecular weight excluding hydrogens is 316 g/mol. The molecular formula is C20H32N2O3. The number of hydrogen-bond acceptors (Lipinski definition) is 3. The summed E-state index contributed by atoms with van der Waals surface area (Å²) in [6, 6.07) is 0. The molecule has 0 aromatic heterocycles. The van der Waals surface area contributed by atoms with E-state index in [2.05, 4.69) is 10.6 Å². The molecule has 5 fully saturated rings. The summed E-state index contributed by atoms with van der Waals surface area (Å²) in [7, 11) is 0. The predicted octanol–water partition coefficient (Wildman–Crippen LogP) is 2.25. The molecule has 5 aliphatic rings. The highest BCUT2D eigenvalue weighted by molar-refractivity contribution is 5.88. The number of carbonyl (C=O) groups is 2. The first-order valence-corrected chi connectivity index (χ1v) is 10.3. The Hall–Kier alpha value is -1.10. The number of nitrogens with one attached hydrogen (secondary N) is 2. The van der Waals surface area contributed by atoms with Crippen molar-refractivity contribution < 1.29 is 14.3 Å². The fourth-order valence-electron chi connectivity index (χ4n) is 5.74. The van der Waals surface area contributed by atoms with Gasteiger partial charge in [-0.25, -0.2) is 0 Å². The summed E-state index contributed by atoms with van der Waals surface area (Å²) in [5, 5.41) is 5.81. The third-order valence-electron chi connectivity index (χ3n) is 6.77. The van der Waals surface area contributed by atoms with Gasteiger partial charge in [0.05, 0.1) is 6.54 Å². The third kappa shape index (κ3) is 4.18. The summed E-state index contributed by atoms with van der Waals surface area (Å²) >= 11 is 0. The van der Waals surface area contributed by atoms with Crippen molar-refractivity contribution in [2.24, 2.45) is 29.1 Å². The molecule has 5 aliphatic carbocycles. The lowest BCUT2D eigenvalue weighted by Crippen LogP contribution is -2.54. The lowest BCUT2D eigenvalue weighted by molar-refractivity contribution is -0.147. The molecule has 5 rings (SSSR count). The van der Waals surface area contributed by atoms with Gasteiger partial charge in [0.1, 0.15) is 0 Å². The molecule has 0 aromatic rings. The summed E-state index contributed by atoms with van der Waals surface area (Å²) in [5.74, 6) is 3.09. The first-order valence-electron chi connectivity index (χ1n) is 10.3. The van der Waals surface area contributed by atoms with Crippen molar-refractivity contribution in [3.05, 3.63) is 0 Å². The molecule has 25 heavy (non-hydrogen) atoms. The molecule has 0 radical (unpaired) electrons. The molecule has 0 aromatic carbocycles. The molecule has 2 N–H and O–H groups in total. The van der Waals surface area contributed by atoms with Crippen LogP contribution < -0.4 is 10.6 Å². The Morgan fingerprint density at radius 3 is 2.20 bits per heavy atom. The maximum Gasteiger partial charge on any atom is 0.239 e. The highest BCUT2D eigenvalue weighted by Gasteiger charge is 2.54. The monoisotopic (exact) mass is 348 g/mol. The van der Waals surface area contributed by atoms with Gasteiger partial charge in [0, 0.05) is 25.2 Å². The molecule has 0 aliphatic heterocycles. The maximum atomic E-state index is 12.8. The van der Waals surface area contributed by atoms with E-state index in [9.17, 15) is 9.59 Å². The Labute approximate surface area is 150 Å². The number of ether oxygens (including phenoxy) is 1. The van der Waals surface area contributed by atoms with Crippen LogP contribution in [0, 0.1) is 29.1 Å². The molecule has 4 bridgehead atoms. The molecule has 0 saturated heterocycles. The first-order chi connectivity index (χ1) is 12.1. The Kier molecular flexibility index (Phi) is 5.03. The second kappa shape index (κ2) is 7.26. The van der Waals surface area contributed by atoms with E-state index in [0.29, 0.717) is 13.2 Å². The molecule has 0 atom stereocenters. The lowest BCUT2D eigenvalue weighted by atomic mass is 9.49. The topological polar surface area (TPSA) is 67.4 Å². The molecule has 0 spiro atoms. The van der Waals surface area contributed by atoms with Crippen LogP contribution in [0.5, 0.6) is 0 Å². The van der Waals surface area contributed by atoms with Gasteiger partial charge >= 0.3 is 0 Å². The second-order valence-electron chi connectivity index (χ2n) is 9.10. The van der Waals surface area contributed by atoms with Crippen molar-refractivity contribution >= 4 is 11.8 Å². The van der Waals surface area contributed by atoms with E-state index >= 15 is 0 Å². The SMILES string of the molecule is O=C(CNC(=O)C12CC3CC(CC(C3)C1)C2)NCCCOCC1CC1.